The van der Waals surface area contributed by atoms with Gasteiger partial charge >= 0.3 is 0 Å². The van der Waals surface area contributed by atoms with Crippen molar-refractivity contribution in [2.45, 2.75) is 71.1 Å². The number of aromatic nitrogens is 2. The molecule has 1 aliphatic rings. The highest BCUT2D eigenvalue weighted by Gasteiger charge is 2.40. The molecule has 1 aliphatic carbocycles. The minimum Gasteiger partial charge on any atom is -0.374 e. The molecule has 0 amide bonds. The highest BCUT2D eigenvalue weighted by molar-refractivity contribution is 9.10. The Balaban J connectivity index is 2.20. The van der Waals surface area contributed by atoms with Crippen LogP contribution in [-0.2, 0) is 17.7 Å². The van der Waals surface area contributed by atoms with E-state index >= 15 is 0 Å². The molecule has 1 aromatic heterocycles. The van der Waals surface area contributed by atoms with E-state index in [1.54, 1.807) is 0 Å². The van der Waals surface area contributed by atoms with Crippen molar-refractivity contribution < 1.29 is 4.74 Å². The predicted molar refractivity (Wildman–Crippen MR) is 84.8 cm³/mol. The summed E-state index contributed by atoms with van der Waals surface area (Å²) in [5.41, 5.74) is 8.64. The van der Waals surface area contributed by atoms with Crippen molar-refractivity contribution in [2.75, 3.05) is 6.61 Å². The molecule has 1 fully saturated rings. The van der Waals surface area contributed by atoms with E-state index in [9.17, 15) is 0 Å². The fraction of sp³-hybridized carbons (Fsp3) is 0.800. The average molecular weight is 344 g/mol. The molecule has 2 N–H and O–H groups in total. The fourth-order valence-corrected chi connectivity index (χ4v) is 3.79. The lowest BCUT2D eigenvalue weighted by atomic mass is 9.89. The first kappa shape index (κ1) is 16.0. The molecule has 20 heavy (non-hydrogen) atoms. The lowest BCUT2D eigenvalue weighted by Crippen LogP contribution is -2.49. The normalized spacial score (nSPS) is 19.4. The fourth-order valence-electron chi connectivity index (χ4n) is 3.34. The van der Waals surface area contributed by atoms with Gasteiger partial charge in [0.25, 0.3) is 0 Å². The van der Waals surface area contributed by atoms with Crippen molar-refractivity contribution in [1.29, 1.82) is 0 Å². The van der Waals surface area contributed by atoms with Gasteiger partial charge in [0.2, 0.25) is 0 Å². The van der Waals surface area contributed by atoms with Gasteiger partial charge in [-0.2, -0.15) is 5.10 Å². The Bertz CT molecular complexity index is 452. The monoisotopic (exact) mass is 343 g/mol. The van der Waals surface area contributed by atoms with Crippen molar-refractivity contribution in [3.8, 4) is 0 Å². The highest BCUT2D eigenvalue weighted by atomic mass is 79.9. The molecular weight excluding hydrogens is 318 g/mol. The van der Waals surface area contributed by atoms with Crippen LogP contribution >= 0.6 is 15.9 Å². The predicted octanol–water partition coefficient (Wildman–Crippen LogP) is 3.19. The molecule has 0 radical (unpaired) electrons. The Morgan fingerprint density at radius 1 is 1.40 bits per heavy atom. The van der Waals surface area contributed by atoms with Gasteiger partial charge in [0, 0.05) is 25.6 Å². The third-order valence-electron chi connectivity index (χ3n) is 4.42. The molecule has 1 saturated carbocycles. The van der Waals surface area contributed by atoms with E-state index in [0.717, 1.165) is 42.6 Å². The molecule has 0 saturated heterocycles. The van der Waals surface area contributed by atoms with Gasteiger partial charge in [-0.3, -0.25) is 4.68 Å². The molecule has 0 bridgehead atoms. The molecule has 0 aliphatic heterocycles. The van der Waals surface area contributed by atoms with E-state index in [0.29, 0.717) is 0 Å². The molecule has 0 spiro atoms. The van der Waals surface area contributed by atoms with Crippen LogP contribution in [0.4, 0.5) is 0 Å². The van der Waals surface area contributed by atoms with Gasteiger partial charge in [-0.1, -0.05) is 12.8 Å². The standard InChI is InChI=1S/C15H26BrN3O/c1-4-19-12(14(16)11(3)18-19)10-13(17)15(20-5-2)8-6-7-9-15/h13H,4-10,17H2,1-3H3. The van der Waals surface area contributed by atoms with Gasteiger partial charge in [0.1, 0.15) is 0 Å². The molecule has 1 aromatic rings. The van der Waals surface area contributed by atoms with Gasteiger partial charge in [0.05, 0.1) is 21.5 Å². The zero-order chi connectivity index (χ0) is 14.8. The number of halogens is 1. The maximum absolute atomic E-state index is 6.55. The topological polar surface area (TPSA) is 53.1 Å². The van der Waals surface area contributed by atoms with E-state index < -0.39 is 0 Å². The largest absolute Gasteiger partial charge is 0.374 e. The van der Waals surface area contributed by atoms with Crippen molar-refractivity contribution in [3.63, 3.8) is 0 Å². The molecule has 1 atom stereocenters. The Morgan fingerprint density at radius 3 is 2.60 bits per heavy atom. The van der Waals surface area contributed by atoms with E-state index in [1.165, 1.54) is 18.5 Å². The lowest BCUT2D eigenvalue weighted by molar-refractivity contribution is -0.0528. The summed E-state index contributed by atoms with van der Waals surface area (Å²) in [5, 5.41) is 4.55. The number of rotatable bonds is 6. The second-order valence-electron chi connectivity index (χ2n) is 5.68. The quantitative estimate of drug-likeness (QED) is 0.862. The summed E-state index contributed by atoms with van der Waals surface area (Å²) in [4.78, 5) is 0. The Morgan fingerprint density at radius 2 is 2.05 bits per heavy atom. The van der Waals surface area contributed by atoms with Crippen LogP contribution in [0.15, 0.2) is 4.47 Å². The van der Waals surface area contributed by atoms with Crippen LogP contribution < -0.4 is 5.73 Å². The van der Waals surface area contributed by atoms with Crippen molar-refractivity contribution in [1.82, 2.24) is 9.78 Å². The summed E-state index contributed by atoms with van der Waals surface area (Å²) in [7, 11) is 0. The first-order valence-electron chi connectivity index (χ1n) is 7.65. The van der Waals surface area contributed by atoms with Crippen LogP contribution in [0.25, 0.3) is 0 Å². The van der Waals surface area contributed by atoms with Gasteiger partial charge in [0.15, 0.2) is 0 Å². The van der Waals surface area contributed by atoms with Crippen molar-refractivity contribution in [2.24, 2.45) is 5.73 Å². The van der Waals surface area contributed by atoms with Crippen molar-refractivity contribution >= 4 is 15.9 Å². The molecule has 0 aromatic carbocycles. The van der Waals surface area contributed by atoms with Gasteiger partial charge in [-0.25, -0.2) is 0 Å². The molecule has 2 rings (SSSR count). The lowest BCUT2D eigenvalue weighted by Gasteiger charge is -2.35. The number of nitrogens with zero attached hydrogens (tertiary/aromatic N) is 2. The maximum Gasteiger partial charge on any atom is 0.0836 e. The molecule has 1 heterocycles. The molecule has 114 valence electrons. The minimum atomic E-state index is -0.134. The smallest absolute Gasteiger partial charge is 0.0836 e. The molecule has 5 heteroatoms. The summed E-state index contributed by atoms with van der Waals surface area (Å²) in [5.74, 6) is 0. The van der Waals surface area contributed by atoms with E-state index in [2.05, 4.69) is 34.9 Å². The van der Waals surface area contributed by atoms with Crippen LogP contribution in [0.3, 0.4) is 0 Å². The van der Waals surface area contributed by atoms with Crippen LogP contribution in [0.2, 0.25) is 0 Å². The molecule has 4 nitrogen and oxygen atoms in total. The first-order chi connectivity index (χ1) is 9.54. The maximum atomic E-state index is 6.55. The van der Waals surface area contributed by atoms with E-state index in [4.69, 9.17) is 10.5 Å². The third kappa shape index (κ3) is 2.95. The van der Waals surface area contributed by atoms with Crippen molar-refractivity contribution in [3.05, 3.63) is 15.9 Å². The minimum absolute atomic E-state index is 0.0302. The Hall–Kier alpha value is -0.390. The van der Waals surface area contributed by atoms with E-state index in [-0.39, 0.29) is 11.6 Å². The Labute approximate surface area is 130 Å². The molecule has 1 unspecified atom stereocenters. The SMILES string of the molecule is CCOC1(C(N)Cc2c(Br)c(C)nn2CC)CCCC1. The van der Waals surface area contributed by atoms with Crippen LogP contribution in [0.5, 0.6) is 0 Å². The van der Waals surface area contributed by atoms with Crippen LogP contribution in [-0.4, -0.2) is 28.0 Å². The summed E-state index contributed by atoms with van der Waals surface area (Å²) < 4.78 is 9.22. The van der Waals surface area contributed by atoms with Crippen LogP contribution in [0, 0.1) is 6.92 Å². The van der Waals surface area contributed by atoms with Gasteiger partial charge < -0.3 is 10.5 Å². The Kier molecular flexibility index (Phi) is 5.26. The molecular formula is C15H26BrN3O. The summed E-state index contributed by atoms with van der Waals surface area (Å²) in [6.07, 6.45) is 5.43. The summed E-state index contributed by atoms with van der Waals surface area (Å²) >= 11 is 3.66. The van der Waals surface area contributed by atoms with Crippen LogP contribution in [0.1, 0.15) is 50.9 Å². The number of nitrogens with two attached hydrogens (primary N) is 1. The van der Waals surface area contributed by atoms with Gasteiger partial charge in [-0.05, 0) is 49.5 Å². The third-order valence-corrected chi connectivity index (χ3v) is 5.46. The summed E-state index contributed by atoms with van der Waals surface area (Å²) in [6.45, 7) is 7.81. The number of hydrogen-bond donors (Lipinski definition) is 1. The average Bonchev–Trinajstić information content (AvgIpc) is 3.00. The second kappa shape index (κ2) is 6.58. The zero-order valence-electron chi connectivity index (χ0n) is 12.8. The first-order valence-corrected chi connectivity index (χ1v) is 8.44. The van der Waals surface area contributed by atoms with E-state index in [1.807, 2.05) is 11.6 Å². The highest BCUT2D eigenvalue weighted by Crippen LogP contribution is 2.37. The number of hydrogen-bond acceptors (Lipinski definition) is 3. The second-order valence-corrected chi connectivity index (χ2v) is 6.47. The number of aryl methyl sites for hydroxylation is 2. The zero-order valence-corrected chi connectivity index (χ0v) is 14.4. The van der Waals surface area contributed by atoms with Gasteiger partial charge in [-0.15, -0.1) is 0 Å². The number of ether oxygens (including phenoxy) is 1. The summed E-state index contributed by atoms with van der Waals surface area (Å²) in [6, 6.07) is 0.0302.